The summed E-state index contributed by atoms with van der Waals surface area (Å²) < 4.78 is 18.8. The Morgan fingerprint density at radius 2 is 2.00 bits per heavy atom. The number of carbonyl (C=O) groups is 1. The van der Waals surface area contributed by atoms with Gasteiger partial charge in [0.2, 0.25) is 6.79 Å². The lowest BCUT2D eigenvalue weighted by atomic mass is 10.1. The van der Waals surface area contributed by atoms with Crippen LogP contribution in [-0.4, -0.2) is 17.7 Å². The molecule has 0 bridgehead atoms. The van der Waals surface area contributed by atoms with Crippen LogP contribution in [0.4, 0.5) is 0 Å². The Morgan fingerprint density at radius 3 is 2.43 bits per heavy atom. The van der Waals surface area contributed by atoms with Gasteiger partial charge in [-0.25, -0.2) is 4.79 Å². The van der Waals surface area contributed by atoms with E-state index in [1.165, 1.54) is 6.08 Å². The quantitative estimate of drug-likeness (QED) is 0.320. The molecule has 1 atom stereocenters. The maximum Gasteiger partial charge on any atom is 0.332 e. The summed E-state index contributed by atoms with van der Waals surface area (Å²) in [6.45, 7) is 3.39. The van der Waals surface area contributed by atoms with Crippen LogP contribution in [0.1, 0.15) is 26.7 Å². The van der Waals surface area contributed by atoms with Crippen LogP contribution in [0, 0.1) is 0 Å². The molecule has 1 unspecified atom stereocenters. The van der Waals surface area contributed by atoms with E-state index in [-0.39, 0.29) is 0 Å². The van der Waals surface area contributed by atoms with E-state index in [0.717, 1.165) is 18.4 Å². The Bertz CT molecular complexity index is 230. The van der Waals surface area contributed by atoms with Gasteiger partial charge < -0.3 is 9.63 Å². The molecule has 0 rings (SSSR count). The van der Waals surface area contributed by atoms with Crippen LogP contribution >= 0.6 is 8.25 Å². The van der Waals surface area contributed by atoms with Crippen molar-refractivity contribution in [2.45, 2.75) is 26.7 Å². The predicted molar refractivity (Wildman–Crippen MR) is 51.9 cm³/mol. The molecule has 0 amide bonds. The maximum atomic E-state index is 11.0. The van der Waals surface area contributed by atoms with E-state index >= 15 is 0 Å². The largest absolute Gasteiger partial charge is 0.435 e. The molecule has 0 fully saturated rings. The normalized spacial score (nSPS) is 11.9. The summed E-state index contributed by atoms with van der Waals surface area (Å²) in [4.78, 5) is 19.3. The first-order valence-corrected chi connectivity index (χ1v) is 5.58. The zero-order valence-electron chi connectivity index (χ0n) is 8.28. The van der Waals surface area contributed by atoms with Crippen LogP contribution in [0.3, 0.4) is 0 Å². The van der Waals surface area contributed by atoms with Crippen LogP contribution in [0.25, 0.3) is 0 Å². The molecule has 0 aromatic carbocycles. The van der Waals surface area contributed by atoms with Gasteiger partial charge in [0.05, 0.1) is 0 Å². The summed E-state index contributed by atoms with van der Waals surface area (Å²) >= 11 is 0. The molecule has 0 aliphatic carbocycles. The lowest BCUT2D eigenvalue weighted by Gasteiger charge is -2.02. The van der Waals surface area contributed by atoms with Crippen molar-refractivity contribution in [1.29, 1.82) is 0 Å². The fourth-order valence-corrected chi connectivity index (χ4v) is 0.960. The summed E-state index contributed by atoms with van der Waals surface area (Å²) in [5.41, 5.74) is 0.964. The molecule has 14 heavy (non-hydrogen) atoms. The number of allylic oxidation sites excluding steroid dienone is 1. The van der Waals surface area contributed by atoms with Gasteiger partial charge in [-0.2, -0.15) is 0 Å². The smallest absolute Gasteiger partial charge is 0.332 e. The maximum absolute atomic E-state index is 11.0. The SMILES string of the molecule is CCC(=CC(=O)OCO[PH](=O)O)CC. The predicted octanol–water partition coefficient (Wildman–Crippen LogP) is 1.63. The van der Waals surface area contributed by atoms with Gasteiger partial charge in [-0.15, -0.1) is 0 Å². The number of hydrogen-bond donors (Lipinski definition) is 1. The summed E-state index contributed by atoms with van der Waals surface area (Å²) in [6, 6.07) is 0. The number of ether oxygens (including phenoxy) is 1. The summed E-state index contributed by atoms with van der Waals surface area (Å²) in [5.74, 6) is -0.549. The first-order chi connectivity index (χ1) is 6.60. The Labute approximate surface area is 83.7 Å². The van der Waals surface area contributed by atoms with Gasteiger partial charge in [-0.1, -0.05) is 19.4 Å². The van der Waals surface area contributed by atoms with Gasteiger partial charge in [0.1, 0.15) is 0 Å². The van der Waals surface area contributed by atoms with E-state index < -0.39 is 21.0 Å². The van der Waals surface area contributed by atoms with Crippen molar-refractivity contribution in [3.05, 3.63) is 11.6 Å². The van der Waals surface area contributed by atoms with Crippen LogP contribution < -0.4 is 0 Å². The highest BCUT2D eigenvalue weighted by Crippen LogP contribution is 2.13. The summed E-state index contributed by atoms with van der Waals surface area (Å²) in [7, 11) is -3.02. The minimum atomic E-state index is -3.02. The second kappa shape index (κ2) is 7.74. The van der Waals surface area contributed by atoms with Crippen molar-refractivity contribution < 1.29 is 23.5 Å². The molecule has 6 heteroatoms. The highest BCUT2D eigenvalue weighted by atomic mass is 31.1. The fraction of sp³-hybridized carbons (Fsp3) is 0.625. The topological polar surface area (TPSA) is 72.8 Å². The highest BCUT2D eigenvalue weighted by molar-refractivity contribution is 7.32. The molecule has 0 aliphatic heterocycles. The van der Waals surface area contributed by atoms with Crippen molar-refractivity contribution in [3.8, 4) is 0 Å². The van der Waals surface area contributed by atoms with Crippen molar-refractivity contribution in [2.24, 2.45) is 0 Å². The third-order valence-corrected chi connectivity index (χ3v) is 1.98. The second-order valence-corrected chi connectivity index (χ2v) is 3.32. The first-order valence-electron chi connectivity index (χ1n) is 4.32. The number of esters is 1. The zero-order valence-corrected chi connectivity index (χ0v) is 9.28. The molecule has 0 aliphatic rings. The number of rotatable bonds is 6. The number of hydrogen-bond acceptors (Lipinski definition) is 4. The van der Waals surface area contributed by atoms with E-state index in [1.54, 1.807) is 0 Å². The van der Waals surface area contributed by atoms with Gasteiger partial charge >= 0.3 is 14.2 Å². The minimum Gasteiger partial charge on any atom is -0.435 e. The van der Waals surface area contributed by atoms with E-state index in [9.17, 15) is 9.36 Å². The van der Waals surface area contributed by atoms with Crippen LogP contribution in [0.5, 0.6) is 0 Å². The first kappa shape index (κ1) is 13.4. The highest BCUT2D eigenvalue weighted by Gasteiger charge is 2.01. The van der Waals surface area contributed by atoms with E-state index in [1.807, 2.05) is 13.8 Å². The summed E-state index contributed by atoms with van der Waals surface area (Å²) in [6.07, 6.45) is 2.93. The monoisotopic (exact) mass is 222 g/mol. The molecule has 0 aromatic heterocycles. The van der Waals surface area contributed by atoms with Crippen LogP contribution in [0.15, 0.2) is 11.6 Å². The molecule has 0 radical (unpaired) electrons. The van der Waals surface area contributed by atoms with Crippen LogP contribution in [-0.2, 0) is 18.6 Å². The lowest BCUT2D eigenvalue weighted by molar-refractivity contribution is -0.144. The average molecular weight is 222 g/mol. The van der Waals surface area contributed by atoms with Crippen molar-refractivity contribution >= 4 is 14.2 Å². The standard InChI is InChI=1S/C8H15O5P/c1-3-7(4-2)5-8(9)12-6-13-14(10)11/h5,14H,3-4,6H2,1-2H3,(H,10,11). The van der Waals surface area contributed by atoms with Crippen molar-refractivity contribution in [1.82, 2.24) is 0 Å². The average Bonchev–Trinajstić information content (AvgIpc) is 2.13. The molecule has 0 aromatic rings. The third kappa shape index (κ3) is 6.83. The van der Waals surface area contributed by atoms with Crippen molar-refractivity contribution in [3.63, 3.8) is 0 Å². The van der Waals surface area contributed by atoms with E-state index in [2.05, 4.69) is 9.26 Å². The molecule has 0 heterocycles. The minimum absolute atomic E-state index is 0.482. The second-order valence-electron chi connectivity index (χ2n) is 2.50. The van der Waals surface area contributed by atoms with E-state index in [0.29, 0.717) is 0 Å². The Morgan fingerprint density at radius 1 is 1.43 bits per heavy atom. The van der Waals surface area contributed by atoms with Gasteiger partial charge in [-0.05, 0) is 12.8 Å². The molecular formula is C8H15O5P. The fourth-order valence-electron chi connectivity index (χ4n) is 0.800. The molecule has 0 saturated heterocycles. The van der Waals surface area contributed by atoms with Gasteiger partial charge in [0.15, 0.2) is 0 Å². The lowest BCUT2D eigenvalue weighted by Crippen LogP contribution is -2.03. The van der Waals surface area contributed by atoms with Gasteiger partial charge in [0.25, 0.3) is 0 Å². The molecule has 0 saturated carbocycles. The Hall–Kier alpha value is -0.640. The van der Waals surface area contributed by atoms with Gasteiger partial charge in [0, 0.05) is 6.08 Å². The molecule has 0 spiro atoms. The molecule has 5 nitrogen and oxygen atoms in total. The molecule has 82 valence electrons. The van der Waals surface area contributed by atoms with E-state index in [4.69, 9.17) is 4.89 Å². The number of carbonyl (C=O) groups excluding carboxylic acids is 1. The summed E-state index contributed by atoms with van der Waals surface area (Å²) in [5, 5.41) is 0. The van der Waals surface area contributed by atoms with Crippen molar-refractivity contribution in [2.75, 3.05) is 6.79 Å². The van der Waals surface area contributed by atoms with Gasteiger partial charge in [-0.3, -0.25) is 9.09 Å². The van der Waals surface area contributed by atoms with Crippen LogP contribution in [0.2, 0.25) is 0 Å². The Kier molecular flexibility index (Phi) is 7.38. The zero-order chi connectivity index (χ0) is 11.0. The molecular weight excluding hydrogens is 207 g/mol. The third-order valence-electron chi connectivity index (χ3n) is 1.61. The molecule has 1 N–H and O–H groups in total. The Balaban J connectivity index is 3.85.